The Hall–Kier alpha value is -0.730. The van der Waals surface area contributed by atoms with E-state index in [9.17, 15) is 0 Å². The van der Waals surface area contributed by atoms with Crippen LogP contribution >= 0.6 is 11.6 Å². The average Bonchev–Trinajstić information content (AvgIpc) is 3.00. The van der Waals surface area contributed by atoms with Gasteiger partial charge in [0, 0.05) is 16.6 Å². The van der Waals surface area contributed by atoms with Gasteiger partial charge in [-0.2, -0.15) is 0 Å². The molecule has 1 aliphatic heterocycles. The molecule has 1 aliphatic carbocycles. The molecule has 0 spiro atoms. The van der Waals surface area contributed by atoms with Crippen LogP contribution in [-0.4, -0.2) is 13.2 Å². The molecule has 1 aromatic carbocycles. The van der Waals surface area contributed by atoms with Crippen molar-refractivity contribution in [2.45, 2.75) is 31.7 Å². The highest BCUT2D eigenvalue weighted by atomic mass is 35.5. The first-order valence-corrected chi connectivity index (χ1v) is 6.86. The first kappa shape index (κ1) is 11.4. The molecule has 2 nitrogen and oxygen atoms in total. The highest BCUT2D eigenvalue weighted by molar-refractivity contribution is 6.30. The zero-order valence-corrected chi connectivity index (χ0v) is 10.7. The molecule has 3 heteroatoms. The van der Waals surface area contributed by atoms with Gasteiger partial charge in [-0.25, -0.2) is 0 Å². The highest BCUT2D eigenvalue weighted by Crippen LogP contribution is 2.35. The molecule has 0 bridgehead atoms. The Morgan fingerprint density at radius 2 is 2.18 bits per heavy atom. The Balaban J connectivity index is 1.78. The molecule has 1 saturated heterocycles. The van der Waals surface area contributed by atoms with Crippen LogP contribution in [0.1, 0.15) is 37.3 Å². The summed E-state index contributed by atoms with van der Waals surface area (Å²) in [6.07, 6.45) is 5.06. The zero-order valence-electron chi connectivity index (χ0n) is 9.92. The summed E-state index contributed by atoms with van der Waals surface area (Å²) in [7, 11) is 0. The number of halogens is 1. The van der Waals surface area contributed by atoms with Gasteiger partial charge in [0.2, 0.25) is 0 Å². The third kappa shape index (κ3) is 2.75. The van der Waals surface area contributed by atoms with Gasteiger partial charge in [-0.15, -0.1) is 0 Å². The van der Waals surface area contributed by atoms with Crippen molar-refractivity contribution in [2.75, 3.05) is 13.2 Å². The minimum atomic E-state index is 0.419. The smallest absolute Gasteiger partial charge is 0.124 e. The molecule has 2 fully saturated rings. The Morgan fingerprint density at radius 1 is 1.29 bits per heavy atom. The lowest BCUT2D eigenvalue weighted by molar-refractivity contribution is 0.294. The Bertz CT molecular complexity index is 397. The van der Waals surface area contributed by atoms with Crippen LogP contribution in [0.25, 0.3) is 0 Å². The summed E-state index contributed by atoms with van der Waals surface area (Å²) in [5, 5.41) is 4.30. The van der Waals surface area contributed by atoms with Crippen LogP contribution in [-0.2, 0) is 0 Å². The second kappa shape index (κ2) is 4.87. The minimum absolute atomic E-state index is 0.419. The molecule has 0 amide bonds. The van der Waals surface area contributed by atoms with Gasteiger partial charge in [0.25, 0.3) is 0 Å². The predicted molar refractivity (Wildman–Crippen MR) is 69.6 cm³/mol. The van der Waals surface area contributed by atoms with Gasteiger partial charge >= 0.3 is 0 Å². The van der Waals surface area contributed by atoms with E-state index in [0.29, 0.717) is 6.04 Å². The summed E-state index contributed by atoms with van der Waals surface area (Å²) >= 11 is 6.09. The van der Waals surface area contributed by atoms with Crippen LogP contribution in [0.2, 0.25) is 5.02 Å². The van der Waals surface area contributed by atoms with Gasteiger partial charge in [-0.1, -0.05) is 11.6 Å². The minimum Gasteiger partial charge on any atom is -0.493 e. The van der Waals surface area contributed by atoms with E-state index >= 15 is 0 Å². The lowest BCUT2D eigenvalue weighted by Gasteiger charge is -2.17. The number of rotatable bonds is 4. The van der Waals surface area contributed by atoms with Gasteiger partial charge in [-0.3, -0.25) is 0 Å². The SMILES string of the molecule is Clc1ccc(OCC2CC2)c(C2CCCN2)c1. The van der Waals surface area contributed by atoms with E-state index in [2.05, 4.69) is 5.32 Å². The Kier molecular flexibility index (Phi) is 3.26. The number of hydrogen-bond donors (Lipinski definition) is 1. The Morgan fingerprint density at radius 3 is 2.88 bits per heavy atom. The maximum Gasteiger partial charge on any atom is 0.124 e. The molecule has 92 valence electrons. The summed E-state index contributed by atoms with van der Waals surface area (Å²) in [6, 6.07) is 6.40. The van der Waals surface area contributed by atoms with E-state index in [4.69, 9.17) is 16.3 Å². The standard InChI is InChI=1S/C14H18ClNO/c15-11-5-6-14(17-9-10-3-4-10)12(8-11)13-2-1-7-16-13/h5-6,8,10,13,16H,1-4,7,9H2. The van der Waals surface area contributed by atoms with Crippen molar-refractivity contribution in [3.8, 4) is 5.75 Å². The second-order valence-electron chi connectivity index (χ2n) is 5.09. The fraction of sp³-hybridized carbons (Fsp3) is 0.571. The van der Waals surface area contributed by atoms with Crippen molar-refractivity contribution >= 4 is 11.6 Å². The van der Waals surface area contributed by atoms with Crippen molar-refractivity contribution in [1.29, 1.82) is 0 Å². The van der Waals surface area contributed by atoms with E-state index in [-0.39, 0.29) is 0 Å². The van der Waals surface area contributed by atoms with Crippen LogP contribution in [0.5, 0.6) is 5.75 Å². The van der Waals surface area contributed by atoms with Gasteiger partial charge in [0.1, 0.15) is 5.75 Å². The Labute approximate surface area is 107 Å². The molecule has 0 aromatic heterocycles. The van der Waals surface area contributed by atoms with Gasteiger partial charge in [-0.05, 0) is 56.3 Å². The third-order valence-electron chi connectivity index (χ3n) is 3.58. The molecule has 1 unspecified atom stereocenters. The molecule has 0 radical (unpaired) electrons. The molecule has 1 aromatic rings. The average molecular weight is 252 g/mol. The number of ether oxygens (including phenoxy) is 1. The number of benzene rings is 1. The van der Waals surface area contributed by atoms with E-state index in [0.717, 1.165) is 29.8 Å². The van der Waals surface area contributed by atoms with Crippen LogP contribution in [0.3, 0.4) is 0 Å². The van der Waals surface area contributed by atoms with Crippen molar-refractivity contribution in [3.05, 3.63) is 28.8 Å². The number of nitrogens with one attached hydrogen (secondary N) is 1. The topological polar surface area (TPSA) is 21.3 Å². The first-order chi connectivity index (χ1) is 8.33. The molecule has 1 heterocycles. The molecular formula is C14H18ClNO. The molecule has 2 aliphatic rings. The van der Waals surface area contributed by atoms with E-state index in [1.54, 1.807) is 0 Å². The molecular weight excluding hydrogens is 234 g/mol. The monoisotopic (exact) mass is 251 g/mol. The summed E-state index contributed by atoms with van der Waals surface area (Å²) in [4.78, 5) is 0. The fourth-order valence-corrected chi connectivity index (χ4v) is 2.55. The van der Waals surface area contributed by atoms with Crippen molar-refractivity contribution < 1.29 is 4.74 Å². The maximum atomic E-state index is 6.09. The van der Waals surface area contributed by atoms with Crippen molar-refractivity contribution in [1.82, 2.24) is 5.32 Å². The van der Waals surface area contributed by atoms with Crippen LogP contribution < -0.4 is 10.1 Å². The van der Waals surface area contributed by atoms with Gasteiger partial charge in [0.05, 0.1) is 6.61 Å². The molecule has 1 atom stereocenters. The highest BCUT2D eigenvalue weighted by Gasteiger charge is 2.24. The summed E-state index contributed by atoms with van der Waals surface area (Å²) in [5.41, 5.74) is 1.23. The van der Waals surface area contributed by atoms with Crippen LogP contribution in [0.4, 0.5) is 0 Å². The molecule has 1 N–H and O–H groups in total. The second-order valence-corrected chi connectivity index (χ2v) is 5.52. The molecule has 17 heavy (non-hydrogen) atoms. The number of hydrogen-bond acceptors (Lipinski definition) is 2. The third-order valence-corrected chi connectivity index (χ3v) is 3.81. The maximum absolute atomic E-state index is 6.09. The molecule has 3 rings (SSSR count). The summed E-state index contributed by atoms with van der Waals surface area (Å²) in [6.45, 7) is 1.96. The summed E-state index contributed by atoms with van der Waals surface area (Å²) < 4.78 is 5.93. The van der Waals surface area contributed by atoms with E-state index < -0.39 is 0 Å². The quantitative estimate of drug-likeness (QED) is 0.884. The largest absolute Gasteiger partial charge is 0.493 e. The van der Waals surface area contributed by atoms with Gasteiger partial charge < -0.3 is 10.1 Å². The lowest BCUT2D eigenvalue weighted by atomic mass is 10.0. The fourth-order valence-electron chi connectivity index (χ4n) is 2.37. The van der Waals surface area contributed by atoms with Crippen molar-refractivity contribution in [3.63, 3.8) is 0 Å². The molecule has 1 saturated carbocycles. The van der Waals surface area contributed by atoms with Gasteiger partial charge in [0.15, 0.2) is 0 Å². The first-order valence-electron chi connectivity index (χ1n) is 6.48. The van der Waals surface area contributed by atoms with E-state index in [1.165, 1.54) is 31.2 Å². The van der Waals surface area contributed by atoms with Crippen molar-refractivity contribution in [2.24, 2.45) is 5.92 Å². The van der Waals surface area contributed by atoms with E-state index in [1.807, 2.05) is 18.2 Å². The van der Waals surface area contributed by atoms with Crippen LogP contribution in [0.15, 0.2) is 18.2 Å². The predicted octanol–water partition coefficient (Wildman–Crippen LogP) is 3.55. The normalized spacial score (nSPS) is 23.9. The zero-order chi connectivity index (χ0) is 11.7. The lowest BCUT2D eigenvalue weighted by Crippen LogP contribution is -2.14. The summed E-state index contributed by atoms with van der Waals surface area (Å²) in [5.74, 6) is 1.80. The van der Waals surface area contributed by atoms with Crippen LogP contribution in [0, 0.1) is 5.92 Å².